The van der Waals surface area contributed by atoms with Crippen molar-refractivity contribution in [2.45, 2.75) is 52.7 Å². The number of nitrogens with zero attached hydrogens (tertiary/aromatic N) is 2. The summed E-state index contributed by atoms with van der Waals surface area (Å²) < 4.78 is 37.9. The van der Waals surface area contributed by atoms with Crippen LogP contribution in [-0.2, 0) is 26.2 Å². The number of halogens is 2. The normalized spacial score (nSPS) is 14.1. The molecule has 0 aromatic heterocycles. The van der Waals surface area contributed by atoms with Crippen LogP contribution in [0.5, 0.6) is 11.5 Å². The predicted molar refractivity (Wildman–Crippen MR) is 144 cm³/mol. The van der Waals surface area contributed by atoms with E-state index in [2.05, 4.69) is 5.32 Å². The number of ether oxygens (including phenoxy) is 2. The molecule has 1 heterocycles. The lowest BCUT2D eigenvalue weighted by atomic mass is 10.1. The Balaban J connectivity index is 1.98. The smallest absolute Gasteiger partial charge is 0.244 e. The third-order valence-corrected chi connectivity index (χ3v) is 8.63. The molecule has 202 valence electrons. The van der Waals surface area contributed by atoms with Crippen molar-refractivity contribution in [2.75, 3.05) is 23.4 Å². The van der Waals surface area contributed by atoms with Crippen LogP contribution < -0.4 is 19.1 Å². The van der Waals surface area contributed by atoms with E-state index >= 15 is 0 Å². The summed E-state index contributed by atoms with van der Waals surface area (Å²) in [7, 11) is -3.88. The molecule has 0 saturated heterocycles. The van der Waals surface area contributed by atoms with Gasteiger partial charge in [-0.2, -0.15) is 0 Å². The molecular weight excluding hydrogens is 541 g/mol. The largest absolute Gasteiger partial charge is 0.454 e. The minimum Gasteiger partial charge on any atom is -0.454 e. The first-order valence-corrected chi connectivity index (χ1v) is 14.3. The lowest BCUT2D eigenvalue weighted by molar-refractivity contribution is -0.139. The van der Waals surface area contributed by atoms with Crippen LogP contribution in [0.3, 0.4) is 0 Å². The first-order valence-electron chi connectivity index (χ1n) is 11.9. The van der Waals surface area contributed by atoms with Crippen LogP contribution in [0.2, 0.25) is 10.0 Å². The minimum atomic E-state index is -3.88. The third kappa shape index (κ3) is 6.80. The maximum Gasteiger partial charge on any atom is 0.244 e. The van der Waals surface area contributed by atoms with E-state index in [0.29, 0.717) is 33.5 Å². The molecule has 0 saturated carbocycles. The number of sulfonamides is 1. The molecule has 2 aromatic carbocycles. The van der Waals surface area contributed by atoms with Crippen molar-refractivity contribution in [1.82, 2.24) is 10.2 Å². The van der Waals surface area contributed by atoms with Gasteiger partial charge in [0.1, 0.15) is 12.6 Å². The van der Waals surface area contributed by atoms with Gasteiger partial charge in [-0.25, -0.2) is 8.42 Å². The van der Waals surface area contributed by atoms with Gasteiger partial charge in [0.2, 0.25) is 28.6 Å². The summed E-state index contributed by atoms with van der Waals surface area (Å²) in [4.78, 5) is 28.1. The summed E-state index contributed by atoms with van der Waals surface area (Å²) in [5.41, 5.74) is 0.697. The van der Waals surface area contributed by atoms with Crippen molar-refractivity contribution in [3.63, 3.8) is 0 Å². The van der Waals surface area contributed by atoms with Gasteiger partial charge < -0.3 is 19.7 Å². The predicted octanol–water partition coefficient (Wildman–Crippen LogP) is 4.21. The van der Waals surface area contributed by atoms with Crippen LogP contribution in [0.4, 0.5) is 5.69 Å². The van der Waals surface area contributed by atoms with Crippen molar-refractivity contribution < 1.29 is 27.5 Å². The van der Waals surface area contributed by atoms with Crippen molar-refractivity contribution in [3.8, 4) is 11.5 Å². The number of fused-ring (bicyclic) bond motifs is 1. The maximum atomic E-state index is 13.7. The fourth-order valence-corrected chi connectivity index (χ4v) is 5.23. The standard InChI is InChI=1S/C25H31Cl2N3O6S/c1-5-16(3)28-25(32)17(4)29(13-19-20(26)8-7-9-21(19)27)24(31)14-30(37(33,34)6-2)18-10-11-22-23(12-18)36-15-35-22/h7-12,16-17H,5-6,13-15H2,1-4H3,(H,28,32)/t16-,17-/m0/s1. The van der Waals surface area contributed by atoms with Gasteiger partial charge in [0.15, 0.2) is 11.5 Å². The summed E-state index contributed by atoms with van der Waals surface area (Å²) in [6, 6.07) is 8.54. The summed E-state index contributed by atoms with van der Waals surface area (Å²) >= 11 is 12.7. The maximum absolute atomic E-state index is 13.7. The average molecular weight is 573 g/mol. The number of carbonyl (C=O) groups excluding carboxylic acids is 2. The second kappa shape index (κ2) is 12.2. The molecule has 3 rings (SSSR count). The highest BCUT2D eigenvalue weighted by atomic mass is 35.5. The van der Waals surface area contributed by atoms with Gasteiger partial charge in [-0.05, 0) is 51.5 Å². The Morgan fingerprint density at radius 2 is 1.70 bits per heavy atom. The number of nitrogens with one attached hydrogen (secondary N) is 1. The van der Waals surface area contributed by atoms with Gasteiger partial charge >= 0.3 is 0 Å². The molecule has 0 spiro atoms. The molecule has 0 unspecified atom stereocenters. The monoisotopic (exact) mass is 571 g/mol. The molecule has 1 N–H and O–H groups in total. The molecule has 2 amide bonds. The quantitative estimate of drug-likeness (QED) is 0.433. The van der Waals surface area contributed by atoms with E-state index in [0.717, 1.165) is 4.31 Å². The summed E-state index contributed by atoms with van der Waals surface area (Å²) in [6.07, 6.45) is 0.704. The Bertz CT molecular complexity index is 1240. The van der Waals surface area contributed by atoms with Crippen molar-refractivity contribution >= 4 is 50.7 Å². The average Bonchev–Trinajstić information content (AvgIpc) is 3.34. The zero-order chi connectivity index (χ0) is 27.3. The second-order valence-corrected chi connectivity index (χ2v) is 11.7. The van der Waals surface area contributed by atoms with Gasteiger partial charge in [0.05, 0.1) is 11.4 Å². The number of hydrogen-bond donors (Lipinski definition) is 1. The van der Waals surface area contributed by atoms with Crippen molar-refractivity contribution in [3.05, 3.63) is 52.0 Å². The van der Waals surface area contributed by atoms with E-state index in [1.54, 1.807) is 37.3 Å². The van der Waals surface area contributed by atoms with Crippen LogP contribution in [-0.4, -0.2) is 56.3 Å². The second-order valence-electron chi connectivity index (χ2n) is 8.66. The topological polar surface area (TPSA) is 105 Å². The molecule has 12 heteroatoms. The first-order chi connectivity index (χ1) is 17.5. The summed E-state index contributed by atoms with van der Waals surface area (Å²) in [5.74, 6) is -0.359. The van der Waals surface area contributed by atoms with Gasteiger partial charge in [0, 0.05) is 34.3 Å². The number of carbonyl (C=O) groups is 2. The molecule has 0 fully saturated rings. The summed E-state index contributed by atoms with van der Waals surface area (Å²) in [6.45, 7) is 6.25. The Kier molecular flexibility index (Phi) is 9.55. The van der Waals surface area contributed by atoms with E-state index in [1.807, 2.05) is 13.8 Å². The van der Waals surface area contributed by atoms with Crippen LogP contribution in [0.15, 0.2) is 36.4 Å². The van der Waals surface area contributed by atoms with Gasteiger partial charge in [-0.3, -0.25) is 13.9 Å². The number of hydrogen-bond acceptors (Lipinski definition) is 6. The highest BCUT2D eigenvalue weighted by molar-refractivity contribution is 7.92. The lowest BCUT2D eigenvalue weighted by Crippen LogP contribution is -2.52. The molecule has 2 aromatic rings. The molecule has 9 nitrogen and oxygen atoms in total. The molecule has 37 heavy (non-hydrogen) atoms. The molecule has 1 aliphatic rings. The molecular formula is C25H31Cl2N3O6S. The van der Waals surface area contributed by atoms with Crippen LogP contribution in [0.1, 0.15) is 39.7 Å². The molecule has 0 radical (unpaired) electrons. The molecule has 2 atom stereocenters. The Morgan fingerprint density at radius 3 is 2.32 bits per heavy atom. The molecule has 0 aliphatic carbocycles. The Labute approximate surface area is 227 Å². The van der Waals surface area contributed by atoms with Gasteiger partial charge in [0.25, 0.3) is 0 Å². The zero-order valence-electron chi connectivity index (χ0n) is 21.2. The van der Waals surface area contributed by atoms with Crippen LogP contribution in [0.25, 0.3) is 0 Å². The van der Waals surface area contributed by atoms with E-state index in [4.69, 9.17) is 32.7 Å². The minimum absolute atomic E-state index is 0.0213. The first kappa shape index (κ1) is 28.9. The number of rotatable bonds is 11. The fourth-order valence-electron chi connectivity index (χ4n) is 3.66. The number of benzene rings is 2. The summed E-state index contributed by atoms with van der Waals surface area (Å²) in [5, 5.41) is 3.53. The highest BCUT2D eigenvalue weighted by Crippen LogP contribution is 2.36. The van der Waals surface area contributed by atoms with E-state index in [1.165, 1.54) is 17.9 Å². The fraction of sp³-hybridized carbons (Fsp3) is 0.440. The van der Waals surface area contributed by atoms with Gasteiger partial charge in [-0.1, -0.05) is 36.2 Å². The SMILES string of the molecule is CC[C@H](C)NC(=O)[C@H](C)N(Cc1c(Cl)cccc1Cl)C(=O)CN(c1ccc2c(c1)OCO2)S(=O)(=O)CC. The Hall–Kier alpha value is -2.69. The number of amides is 2. The molecule has 1 aliphatic heterocycles. The van der Waals surface area contributed by atoms with Crippen molar-refractivity contribution in [2.24, 2.45) is 0 Å². The van der Waals surface area contributed by atoms with Crippen LogP contribution >= 0.6 is 23.2 Å². The van der Waals surface area contributed by atoms with Gasteiger partial charge in [-0.15, -0.1) is 0 Å². The van der Waals surface area contributed by atoms with Crippen molar-refractivity contribution in [1.29, 1.82) is 0 Å². The van der Waals surface area contributed by atoms with E-state index in [-0.39, 0.29) is 36.7 Å². The molecule has 0 bridgehead atoms. The number of anilines is 1. The lowest BCUT2D eigenvalue weighted by Gasteiger charge is -2.32. The third-order valence-electron chi connectivity index (χ3n) is 6.18. The zero-order valence-corrected chi connectivity index (χ0v) is 23.5. The highest BCUT2D eigenvalue weighted by Gasteiger charge is 2.32. The van der Waals surface area contributed by atoms with Crippen LogP contribution in [0, 0.1) is 0 Å². The van der Waals surface area contributed by atoms with E-state index < -0.39 is 28.5 Å². The Morgan fingerprint density at radius 1 is 1.05 bits per heavy atom. The van der Waals surface area contributed by atoms with E-state index in [9.17, 15) is 18.0 Å².